The normalized spacial score (nSPS) is 18.5. The van der Waals surface area contributed by atoms with E-state index in [1.54, 1.807) is 12.1 Å². The van der Waals surface area contributed by atoms with Gasteiger partial charge in [-0.25, -0.2) is 8.42 Å². The fourth-order valence-corrected chi connectivity index (χ4v) is 7.11. The van der Waals surface area contributed by atoms with E-state index >= 15 is 0 Å². The lowest BCUT2D eigenvalue weighted by atomic mass is 9.81. The number of allylic oxidation sites excluding steroid dienone is 6. The van der Waals surface area contributed by atoms with Gasteiger partial charge in [0.1, 0.15) is 17.2 Å². The fourth-order valence-electron chi connectivity index (χ4n) is 6.11. The van der Waals surface area contributed by atoms with Crippen molar-refractivity contribution in [3.63, 3.8) is 0 Å². The maximum Gasteiger partial charge on any atom is 0.303 e. The lowest BCUT2D eigenvalue weighted by Gasteiger charge is -2.27. The van der Waals surface area contributed by atoms with Gasteiger partial charge in [0.25, 0.3) is 10.1 Å². The quantitative estimate of drug-likeness (QED) is 0.144. The Labute approximate surface area is 259 Å². The van der Waals surface area contributed by atoms with Crippen molar-refractivity contribution in [2.75, 3.05) is 18.5 Å². The average molecular weight is 643 g/mol. The van der Waals surface area contributed by atoms with Crippen molar-refractivity contribution in [3.8, 4) is 0 Å². The third-order valence-corrected chi connectivity index (χ3v) is 10.1. The molecule has 2 heterocycles. The van der Waals surface area contributed by atoms with Crippen LogP contribution in [-0.2, 0) is 35.9 Å². The van der Waals surface area contributed by atoms with Crippen LogP contribution in [0.1, 0.15) is 64.5 Å². The lowest BCUT2D eigenvalue weighted by molar-refractivity contribution is -0.401. The number of carboxylic acid groups (broad SMARTS) is 1. The predicted octanol–water partition coefficient (Wildman–Crippen LogP) is 5.28. The topological polar surface area (TPSA) is 155 Å². The van der Waals surface area contributed by atoms with E-state index < -0.39 is 37.0 Å². The van der Waals surface area contributed by atoms with Gasteiger partial charge in [0.05, 0.1) is 15.2 Å². The summed E-state index contributed by atoms with van der Waals surface area (Å²) in [6, 6.07) is 8.99. The summed E-state index contributed by atoms with van der Waals surface area (Å²) in [6.07, 6.45) is 11.7. The van der Waals surface area contributed by atoms with Crippen molar-refractivity contribution in [2.45, 2.75) is 74.0 Å². The van der Waals surface area contributed by atoms with Crippen molar-refractivity contribution >= 4 is 43.3 Å². The summed E-state index contributed by atoms with van der Waals surface area (Å²) >= 11 is 0. The van der Waals surface area contributed by atoms with E-state index in [9.17, 15) is 30.7 Å². The minimum absolute atomic E-state index is 0.104. The third kappa shape index (κ3) is 6.58. The summed E-state index contributed by atoms with van der Waals surface area (Å²) in [4.78, 5) is 12.6. The Balaban J connectivity index is 1.61. The van der Waals surface area contributed by atoms with Gasteiger partial charge in [-0.05, 0) is 68.7 Å². The van der Waals surface area contributed by atoms with Gasteiger partial charge in [0, 0.05) is 47.5 Å². The largest absolute Gasteiger partial charge is 0.744 e. The van der Waals surface area contributed by atoms with Crippen molar-refractivity contribution in [1.82, 2.24) is 0 Å². The van der Waals surface area contributed by atoms with Crippen LogP contribution in [0.2, 0.25) is 0 Å². The molecule has 2 aliphatic heterocycles. The summed E-state index contributed by atoms with van der Waals surface area (Å²) in [5, 5.41) is 8.96. The van der Waals surface area contributed by atoms with Gasteiger partial charge >= 0.3 is 5.97 Å². The molecule has 44 heavy (non-hydrogen) atoms. The third-order valence-electron chi connectivity index (χ3n) is 8.46. The molecular formula is C32H38N2O8S2. The van der Waals surface area contributed by atoms with Crippen molar-refractivity contribution in [2.24, 2.45) is 0 Å². The van der Waals surface area contributed by atoms with Crippen LogP contribution in [0.15, 0.2) is 82.3 Å². The SMILES string of the molecule is C[N+]1=C(C=CC=CC=C2N(CCCCCC(=O)O)c3ccc(S(=O)(=O)O)cc3C2(C)C)C(C)(C)c2cc(S(=O)(=O)[O-])ccc21. The van der Waals surface area contributed by atoms with E-state index in [4.69, 9.17) is 5.11 Å². The molecule has 2 aromatic rings. The van der Waals surface area contributed by atoms with Gasteiger partial charge in [-0.2, -0.15) is 13.0 Å². The number of benzene rings is 2. The molecule has 0 atom stereocenters. The van der Waals surface area contributed by atoms with Crippen molar-refractivity contribution < 1.29 is 40.4 Å². The van der Waals surface area contributed by atoms with Crippen LogP contribution in [0.3, 0.4) is 0 Å². The second-order valence-corrected chi connectivity index (χ2v) is 14.9. The number of fused-ring (bicyclic) bond motifs is 2. The summed E-state index contributed by atoms with van der Waals surface area (Å²) in [5.41, 5.74) is 3.86. The molecule has 0 amide bonds. The molecule has 2 aromatic carbocycles. The van der Waals surface area contributed by atoms with Crippen LogP contribution >= 0.6 is 0 Å². The predicted molar refractivity (Wildman–Crippen MR) is 167 cm³/mol. The monoisotopic (exact) mass is 642 g/mol. The number of aliphatic carboxylic acids is 1. The van der Waals surface area contributed by atoms with Crippen LogP contribution in [0.4, 0.5) is 11.4 Å². The number of unbranched alkanes of at least 4 members (excludes halogenated alkanes) is 2. The highest BCUT2D eigenvalue weighted by Gasteiger charge is 2.43. The number of hydrogen-bond donors (Lipinski definition) is 2. The van der Waals surface area contributed by atoms with Crippen LogP contribution < -0.4 is 4.90 Å². The average Bonchev–Trinajstić information content (AvgIpc) is 3.25. The number of hydrogen-bond acceptors (Lipinski definition) is 7. The molecule has 0 unspecified atom stereocenters. The zero-order valence-electron chi connectivity index (χ0n) is 25.4. The second-order valence-electron chi connectivity index (χ2n) is 12.1. The Morgan fingerprint density at radius 2 is 1.57 bits per heavy atom. The molecular weight excluding hydrogens is 604 g/mol. The Hall–Kier alpha value is -3.58. The maximum absolute atomic E-state index is 11.9. The number of anilines is 1. The number of carboxylic acids is 1. The standard InChI is InChI=1S/C32H38N2O8S2/c1-31(2)24-20-22(43(37,38)39)15-17-26(24)33(5)28(31)12-8-6-9-13-29-32(3,4)25-21-23(44(40,41)42)16-18-27(25)34(29)19-11-7-10-14-30(35)36/h6,8-9,12-13,15-18,20-21H,7,10-11,14,19H2,1-5H3,(H2-,35,36,37,38,39,40,41,42). The molecule has 236 valence electrons. The highest BCUT2D eigenvalue weighted by molar-refractivity contribution is 7.86. The molecule has 0 radical (unpaired) electrons. The highest BCUT2D eigenvalue weighted by Crippen LogP contribution is 2.48. The minimum atomic E-state index is -4.58. The first-order chi connectivity index (χ1) is 20.4. The lowest BCUT2D eigenvalue weighted by Crippen LogP contribution is -2.27. The van der Waals surface area contributed by atoms with E-state index in [0.717, 1.165) is 46.8 Å². The van der Waals surface area contributed by atoms with E-state index in [0.29, 0.717) is 13.0 Å². The Kier molecular flexibility index (Phi) is 9.14. The number of rotatable bonds is 11. The van der Waals surface area contributed by atoms with Gasteiger partial charge in [0.15, 0.2) is 5.71 Å². The van der Waals surface area contributed by atoms with Gasteiger partial charge in [-0.1, -0.05) is 38.5 Å². The maximum atomic E-state index is 11.9. The first-order valence-electron chi connectivity index (χ1n) is 14.3. The Morgan fingerprint density at radius 3 is 2.20 bits per heavy atom. The molecule has 0 bridgehead atoms. The van der Waals surface area contributed by atoms with E-state index in [-0.39, 0.29) is 16.2 Å². The van der Waals surface area contributed by atoms with E-state index in [1.807, 2.05) is 69.7 Å². The highest BCUT2D eigenvalue weighted by atomic mass is 32.2. The smallest absolute Gasteiger partial charge is 0.303 e. The fraction of sp³-hybridized carbons (Fsp3) is 0.375. The molecule has 0 saturated heterocycles. The van der Waals surface area contributed by atoms with Crippen LogP contribution in [0.25, 0.3) is 0 Å². The molecule has 4 rings (SSSR count). The van der Waals surface area contributed by atoms with Crippen molar-refractivity contribution in [1.29, 1.82) is 0 Å². The molecule has 12 heteroatoms. The second kappa shape index (κ2) is 12.1. The molecule has 0 aromatic heterocycles. The Bertz CT molecular complexity index is 1830. The van der Waals surface area contributed by atoms with Gasteiger partial charge in [-0.3, -0.25) is 9.35 Å². The zero-order chi connectivity index (χ0) is 32.7. The summed E-state index contributed by atoms with van der Waals surface area (Å²) in [7, 11) is -7.08. The summed E-state index contributed by atoms with van der Waals surface area (Å²) in [6.45, 7) is 8.51. The summed E-state index contributed by atoms with van der Waals surface area (Å²) < 4.78 is 70.2. The number of carbonyl (C=O) groups is 1. The van der Waals surface area contributed by atoms with E-state index in [2.05, 4.69) is 4.90 Å². The molecule has 0 spiro atoms. The Morgan fingerprint density at radius 1 is 0.909 bits per heavy atom. The molecule has 2 N–H and O–H groups in total. The van der Waals surface area contributed by atoms with Crippen LogP contribution in [0, 0.1) is 0 Å². The van der Waals surface area contributed by atoms with Crippen molar-refractivity contribution in [3.05, 3.63) is 83.6 Å². The van der Waals surface area contributed by atoms with Crippen LogP contribution in [-0.4, -0.2) is 60.9 Å². The molecule has 0 fully saturated rings. The summed E-state index contributed by atoms with van der Waals surface area (Å²) in [5.74, 6) is -0.830. The minimum Gasteiger partial charge on any atom is -0.744 e. The number of nitrogens with zero attached hydrogens (tertiary/aromatic N) is 2. The van der Waals surface area contributed by atoms with Gasteiger partial charge < -0.3 is 14.6 Å². The molecule has 10 nitrogen and oxygen atoms in total. The molecule has 0 saturated carbocycles. The first-order valence-corrected chi connectivity index (χ1v) is 17.1. The molecule has 0 aliphatic carbocycles. The van der Waals surface area contributed by atoms with Gasteiger partial charge in [0.2, 0.25) is 5.69 Å². The van der Waals surface area contributed by atoms with Crippen LogP contribution in [0.5, 0.6) is 0 Å². The van der Waals surface area contributed by atoms with E-state index in [1.165, 1.54) is 24.3 Å². The zero-order valence-corrected chi connectivity index (χ0v) is 27.1. The first kappa shape index (κ1) is 33.3. The molecule has 2 aliphatic rings. The van der Waals surface area contributed by atoms with Gasteiger partial charge in [-0.15, -0.1) is 0 Å².